The number of carbonyl (C=O) groups excluding carboxylic acids is 1. The van der Waals surface area contributed by atoms with E-state index in [9.17, 15) is 14.7 Å². The lowest BCUT2D eigenvalue weighted by molar-refractivity contribution is -0.151. The summed E-state index contributed by atoms with van der Waals surface area (Å²) in [7, 11) is 4.51. The van der Waals surface area contributed by atoms with Gasteiger partial charge in [-0.1, -0.05) is 25.3 Å². The van der Waals surface area contributed by atoms with Crippen LogP contribution in [0, 0.1) is 0 Å². The van der Waals surface area contributed by atoms with Crippen molar-refractivity contribution in [3.05, 3.63) is 23.8 Å². The molecular weight excluding hydrogens is 298 g/mol. The number of benzene rings is 1. The molecule has 0 aliphatic heterocycles. The molecule has 0 heterocycles. The van der Waals surface area contributed by atoms with Crippen molar-refractivity contribution in [1.82, 2.24) is 4.90 Å². The third kappa shape index (κ3) is 2.98. The summed E-state index contributed by atoms with van der Waals surface area (Å²) in [5, 5.41) is 9.73. The predicted octanol–water partition coefficient (Wildman–Crippen LogP) is 2.56. The molecule has 0 bridgehead atoms. The summed E-state index contributed by atoms with van der Waals surface area (Å²) in [6.07, 6.45) is 3.55. The Morgan fingerprint density at radius 1 is 1.13 bits per heavy atom. The minimum Gasteiger partial charge on any atom is -0.493 e. The van der Waals surface area contributed by atoms with Gasteiger partial charge in [0.15, 0.2) is 11.5 Å². The van der Waals surface area contributed by atoms with Gasteiger partial charge in [0.25, 0.3) is 5.91 Å². The van der Waals surface area contributed by atoms with Gasteiger partial charge in [0.1, 0.15) is 5.54 Å². The van der Waals surface area contributed by atoms with Gasteiger partial charge in [-0.25, -0.2) is 4.79 Å². The number of likely N-dealkylation sites (N-methyl/N-ethyl adjacent to an activating group) is 1. The van der Waals surface area contributed by atoms with Crippen LogP contribution in [0.1, 0.15) is 42.5 Å². The van der Waals surface area contributed by atoms with Crippen LogP contribution in [-0.4, -0.2) is 48.7 Å². The molecule has 1 N–H and O–H groups in total. The molecule has 1 aliphatic rings. The lowest BCUT2D eigenvalue weighted by Crippen LogP contribution is -2.56. The zero-order valence-electron chi connectivity index (χ0n) is 13.8. The lowest BCUT2D eigenvalue weighted by atomic mass is 9.80. The normalized spacial score (nSPS) is 16.5. The second-order valence-electron chi connectivity index (χ2n) is 5.80. The second-order valence-corrected chi connectivity index (χ2v) is 5.80. The van der Waals surface area contributed by atoms with E-state index < -0.39 is 11.5 Å². The minimum absolute atomic E-state index is 0.306. The molecule has 23 heavy (non-hydrogen) atoms. The second kappa shape index (κ2) is 6.89. The highest BCUT2D eigenvalue weighted by Gasteiger charge is 2.46. The third-order valence-corrected chi connectivity index (χ3v) is 4.66. The summed E-state index contributed by atoms with van der Waals surface area (Å²) in [5.41, 5.74) is -0.843. The van der Waals surface area contributed by atoms with Gasteiger partial charge >= 0.3 is 5.97 Å². The van der Waals surface area contributed by atoms with Crippen molar-refractivity contribution in [1.29, 1.82) is 0 Å². The van der Waals surface area contributed by atoms with Gasteiger partial charge in [0.2, 0.25) is 0 Å². The molecule has 0 saturated heterocycles. The standard InChI is InChI=1S/C17H23NO5/c1-18(17(16(20)21)10-5-4-6-11-17)15(19)12-8-7-9-13(22-2)14(12)23-3/h7-9H,4-6,10-11H2,1-3H3,(H,20,21). The minimum atomic E-state index is -1.15. The van der Waals surface area contributed by atoms with E-state index in [1.165, 1.54) is 19.1 Å². The molecule has 2 rings (SSSR count). The first-order chi connectivity index (χ1) is 11.0. The van der Waals surface area contributed by atoms with E-state index in [1.54, 1.807) is 25.2 Å². The van der Waals surface area contributed by atoms with Gasteiger partial charge in [0.05, 0.1) is 19.8 Å². The molecule has 1 aromatic rings. The van der Waals surface area contributed by atoms with Gasteiger partial charge in [-0.3, -0.25) is 4.79 Å². The number of carboxylic acids is 1. The number of ether oxygens (including phenoxy) is 2. The smallest absolute Gasteiger partial charge is 0.329 e. The van der Waals surface area contributed by atoms with Crippen molar-refractivity contribution in [2.75, 3.05) is 21.3 Å². The number of carbonyl (C=O) groups is 2. The van der Waals surface area contributed by atoms with Crippen molar-refractivity contribution in [3.63, 3.8) is 0 Å². The number of carboxylic acid groups (broad SMARTS) is 1. The van der Waals surface area contributed by atoms with Crippen molar-refractivity contribution >= 4 is 11.9 Å². The largest absolute Gasteiger partial charge is 0.493 e. The van der Waals surface area contributed by atoms with E-state index in [4.69, 9.17) is 9.47 Å². The highest BCUT2D eigenvalue weighted by molar-refractivity contribution is 6.00. The van der Waals surface area contributed by atoms with Gasteiger partial charge < -0.3 is 19.5 Å². The van der Waals surface area contributed by atoms with Gasteiger partial charge in [-0.05, 0) is 25.0 Å². The molecule has 1 amide bonds. The Balaban J connectivity index is 2.41. The Hall–Kier alpha value is -2.24. The molecule has 1 aliphatic carbocycles. The van der Waals surface area contributed by atoms with Crippen LogP contribution in [0.4, 0.5) is 0 Å². The third-order valence-electron chi connectivity index (χ3n) is 4.66. The Morgan fingerprint density at radius 2 is 1.78 bits per heavy atom. The van der Waals surface area contributed by atoms with Gasteiger partial charge in [-0.15, -0.1) is 0 Å². The molecule has 0 radical (unpaired) electrons. The zero-order valence-corrected chi connectivity index (χ0v) is 13.8. The van der Waals surface area contributed by atoms with E-state index in [0.29, 0.717) is 29.9 Å². The molecule has 6 heteroatoms. The Bertz CT molecular complexity index is 593. The summed E-state index contributed by atoms with van der Waals surface area (Å²) in [6.45, 7) is 0. The van der Waals surface area contributed by atoms with Crippen LogP contribution in [-0.2, 0) is 4.79 Å². The summed E-state index contributed by atoms with van der Waals surface area (Å²) in [5.74, 6) is -0.553. The van der Waals surface area contributed by atoms with Gasteiger partial charge in [0, 0.05) is 7.05 Å². The maximum Gasteiger partial charge on any atom is 0.329 e. The lowest BCUT2D eigenvalue weighted by Gasteiger charge is -2.41. The monoisotopic (exact) mass is 321 g/mol. The molecular formula is C17H23NO5. The number of amides is 1. The highest BCUT2D eigenvalue weighted by Crippen LogP contribution is 2.37. The van der Waals surface area contributed by atoms with Crippen LogP contribution >= 0.6 is 0 Å². The number of hydrogen-bond acceptors (Lipinski definition) is 4. The molecule has 1 saturated carbocycles. The fourth-order valence-electron chi connectivity index (χ4n) is 3.26. The average Bonchev–Trinajstić information content (AvgIpc) is 2.59. The molecule has 0 unspecified atom stereocenters. The maximum absolute atomic E-state index is 12.9. The molecule has 0 atom stereocenters. The number of rotatable bonds is 5. The average molecular weight is 321 g/mol. The van der Waals surface area contributed by atoms with E-state index in [0.717, 1.165) is 19.3 Å². The summed E-state index contributed by atoms with van der Waals surface area (Å²) in [4.78, 5) is 26.2. The first-order valence-electron chi connectivity index (χ1n) is 7.70. The van der Waals surface area contributed by atoms with Crippen molar-refractivity contribution < 1.29 is 24.2 Å². The Kier molecular flexibility index (Phi) is 5.13. The van der Waals surface area contributed by atoms with E-state index >= 15 is 0 Å². The maximum atomic E-state index is 12.9. The number of methoxy groups -OCH3 is 2. The SMILES string of the molecule is COc1cccc(C(=O)N(C)C2(C(=O)O)CCCCC2)c1OC. The molecule has 0 aromatic heterocycles. The van der Waals surface area contributed by atoms with Crippen LogP contribution in [0.25, 0.3) is 0 Å². The summed E-state index contributed by atoms with van der Waals surface area (Å²) < 4.78 is 10.5. The molecule has 6 nitrogen and oxygen atoms in total. The highest BCUT2D eigenvalue weighted by atomic mass is 16.5. The van der Waals surface area contributed by atoms with Crippen molar-refractivity contribution in [2.24, 2.45) is 0 Å². The topological polar surface area (TPSA) is 76.1 Å². The molecule has 126 valence electrons. The van der Waals surface area contributed by atoms with E-state index in [1.807, 2.05) is 0 Å². The number of hydrogen-bond donors (Lipinski definition) is 1. The Labute approximate surface area is 136 Å². The number of aliphatic carboxylic acids is 1. The number of para-hydroxylation sites is 1. The molecule has 1 aromatic carbocycles. The fraction of sp³-hybridized carbons (Fsp3) is 0.529. The first-order valence-corrected chi connectivity index (χ1v) is 7.70. The Morgan fingerprint density at radius 3 is 2.30 bits per heavy atom. The first kappa shape index (κ1) is 17.1. The van der Waals surface area contributed by atoms with Crippen LogP contribution < -0.4 is 9.47 Å². The fourth-order valence-corrected chi connectivity index (χ4v) is 3.26. The number of nitrogens with zero attached hydrogens (tertiary/aromatic N) is 1. The summed E-state index contributed by atoms with van der Waals surface area (Å²) >= 11 is 0. The van der Waals surface area contributed by atoms with Crippen molar-refractivity contribution in [3.8, 4) is 11.5 Å². The molecule has 1 fully saturated rings. The quantitative estimate of drug-likeness (QED) is 0.902. The van der Waals surface area contributed by atoms with Crippen LogP contribution in [0.15, 0.2) is 18.2 Å². The zero-order chi connectivity index (χ0) is 17.0. The van der Waals surface area contributed by atoms with Crippen LogP contribution in [0.3, 0.4) is 0 Å². The van der Waals surface area contributed by atoms with Crippen LogP contribution in [0.5, 0.6) is 11.5 Å². The van der Waals surface area contributed by atoms with Gasteiger partial charge in [-0.2, -0.15) is 0 Å². The van der Waals surface area contributed by atoms with E-state index in [-0.39, 0.29) is 5.91 Å². The van der Waals surface area contributed by atoms with Crippen LogP contribution in [0.2, 0.25) is 0 Å². The predicted molar refractivity (Wildman–Crippen MR) is 85.1 cm³/mol. The molecule has 0 spiro atoms. The summed E-state index contributed by atoms with van der Waals surface area (Å²) in [6, 6.07) is 5.01. The van der Waals surface area contributed by atoms with E-state index in [2.05, 4.69) is 0 Å². The van der Waals surface area contributed by atoms with Crippen molar-refractivity contribution in [2.45, 2.75) is 37.6 Å².